The first-order valence-corrected chi connectivity index (χ1v) is 6.18. The Labute approximate surface area is 112 Å². The molecule has 1 aromatic heterocycles. The average molecular weight is 276 g/mol. The molecule has 0 aliphatic rings. The Bertz CT molecular complexity index is 661. The number of nitrogens with two attached hydrogens (primary N) is 1. The second-order valence-corrected chi connectivity index (χ2v) is 4.61. The fourth-order valence-electron chi connectivity index (χ4n) is 1.48. The van der Waals surface area contributed by atoms with Gasteiger partial charge in [-0.05, 0) is 29.6 Å². The minimum absolute atomic E-state index is 0.170. The van der Waals surface area contributed by atoms with Gasteiger partial charge in [0.05, 0.1) is 17.3 Å². The van der Waals surface area contributed by atoms with Gasteiger partial charge in [-0.3, -0.25) is 0 Å². The number of benzene rings is 1. The Morgan fingerprint density at radius 3 is 2.89 bits per heavy atom. The van der Waals surface area contributed by atoms with Crippen molar-refractivity contribution in [1.82, 2.24) is 0 Å². The van der Waals surface area contributed by atoms with Crippen molar-refractivity contribution < 1.29 is 13.9 Å². The predicted molar refractivity (Wildman–Crippen MR) is 69.0 cm³/mol. The van der Waals surface area contributed by atoms with Gasteiger partial charge < -0.3 is 10.5 Å². The van der Waals surface area contributed by atoms with Gasteiger partial charge in [-0.15, -0.1) is 11.3 Å². The van der Waals surface area contributed by atoms with E-state index in [0.717, 1.165) is 0 Å². The highest BCUT2D eigenvalue weighted by molar-refractivity contribution is 7.12. The minimum atomic E-state index is -0.583. The molecule has 1 aromatic carbocycles. The molecular formula is C13H9FN2O2S. The summed E-state index contributed by atoms with van der Waals surface area (Å²) in [4.78, 5) is 12.0. The number of halogens is 1. The first kappa shape index (κ1) is 13.1. The second kappa shape index (κ2) is 5.50. The summed E-state index contributed by atoms with van der Waals surface area (Å²) in [6.07, 6.45) is 0. The highest BCUT2D eigenvalue weighted by Crippen LogP contribution is 2.21. The van der Waals surface area contributed by atoms with Crippen LogP contribution in [0.25, 0.3) is 0 Å². The number of nitrogen functional groups attached to an aromatic ring is 1. The third-order valence-corrected chi connectivity index (χ3v) is 3.34. The maximum atomic E-state index is 13.1. The molecule has 0 amide bonds. The van der Waals surface area contributed by atoms with Crippen LogP contribution >= 0.6 is 11.3 Å². The standard InChI is InChI=1S/C13H9FN2O2S/c14-10-2-1-8(6-15)9(5-10)7-18-13(17)12-11(16)3-4-19-12/h1-5H,7,16H2. The molecule has 0 saturated carbocycles. The molecule has 4 nitrogen and oxygen atoms in total. The molecule has 0 unspecified atom stereocenters. The second-order valence-electron chi connectivity index (χ2n) is 3.69. The van der Waals surface area contributed by atoms with Crippen molar-refractivity contribution in [2.75, 3.05) is 5.73 Å². The third-order valence-electron chi connectivity index (χ3n) is 2.43. The summed E-state index contributed by atoms with van der Waals surface area (Å²) >= 11 is 1.17. The van der Waals surface area contributed by atoms with Crippen molar-refractivity contribution in [2.24, 2.45) is 0 Å². The van der Waals surface area contributed by atoms with E-state index in [9.17, 15) is 9.18 Å². The highest BCUT2D eigenvalue weighted by atomic mass is 32.1. The summed E-state index contributed by atoms with van der Waals surface area (Å²) in [6.45, 7) is -0.170. The molecule has 96 valence electrons. The number of anilines is 1. The van der Waals surface area contributed by atoms with Gasteiger partial charge in [0, 0.05) is 5.56 Å². The van der Waals surface area contributed by atoms with Gasteiger partial charge in [-0.25, -0.2) is 9.18 Å². The van der Waals surface area contributed by atoms with Gasteiger partial charge in [0.1, 0.15) is 17.3 Å². The highest BCUT2D eigenvalue weighted by Gasteiger charge is 2.14. The number of carbonyl (C=O) groups is 1. The Morgan fingerprint density at radius 2 is 2.26 bits per heavy atom. The summed E-state index contributed by atoms with van der Waals surface area (Å²) in [6, 6.07) is 7.21. The van der Waals surface area contributed by atoms with E-state index in [0.29, 0.717) is 16.1 Å². The average Bonchev–Trinajstić information content (AvgIpc) is 2.82. The monoisotopic (exact) mass is 276 g/mol. The number of ether oxygens (including phenoxy) is 1. The zero-order valence-electron chi connectivity index (χ0n) is 9.72. The Balaban J connectivity index is 2.11. The van der Waals surface area contributed by atoms with Crippen LogP contribution in [0.4, 0.5) is 10.1 Å². The zero-order chi connectivity index (χ0) is 13.8. The van der Waals surface area contributed by atoms with Crippen LogP contribution in [0.1, 0.15) is 20.8 Å². The molecule has 2 rings (SSSR count). The SMILES string of the molecule is N#Cc1ccc(F)cc1COC(=O)c1sccc1N. The van der Waals surface area contributed by atoms with Gasteiger partial charge in [-0.1, -0.05) is 0 Å². The van der Waals surface area contributed by atoms with Gasteiger partial charge in [0.2, 0.25) is 0 Å². The largest absolute Gasteiger partial charge is 0.457 e. The quantitative estimate of drug-likeness (QED) is 0.874. The van der Waals surface area contributed by atoms with Crippen LogP contribution < -0.4 is 5.73 Å². The molecule has 0 atom stereocenters. The van der Waals surface area contributed by atoms with E-state index in [-0.39, 0.29) is 12.2 Å². The Hall–Kier alpha value is -2.39. The van der Waals surface area contributed by atoms with E-state index in [1.54, 1.807) is 11.4 Å². The lowest BCUT2D eigenvalue weighted by atomic mass is 10.1. The van der Waals surface area contributed by atoms with Gasteiger partial charge in [-0.2, -0.15) is 5.26 Å². The normalized spacial score (nSPS) is 9.89. The molecule has 0 fully saturated rings. The molecule has 0 aliphatic carbocycles. The van der Waals surface area contributed by atoms with E-state index < -0.39 is 11.8 Å². The van der Waals surface area contributed by atoms with Crippen molar-refractivity contribution in [3.8, 4) is 6.07 Å². The fourth-order valence-corrected chi connectivity index (χ4v) is 2.19. The van der Waals surface area contributed by atoms with Crippen molar-refractivity contribution in [3.63, 3.8) is 0 Å². The van der Waals surface area contributed by atoms with Crippen molar-refractivity contribution >= 4 is 23.0 Å². The molecule has 0 aliphatic heterocycles. The lowest BCUT2D eigenvalue weighted by Crippen LogP contribution is -2.06. The minimum Gasteiger partial charge on any atom is -0.457 e. The van der Waals surface area contributed by atoms with Crippen molar-refractivity contribution in [2.45, 2.75) is 6.61 Å². The van der Waals surface area contributed by atoms with E-state index in [2.05, 4.69) is 0 Å². The molecule has 2 aromatic rings. The fraction of sp³-hybridized carbons (Fsp3) is 0.0769. The Kier molecular flexibility index (Phi) is 3.78. The van der Waals surface area contributed by atoms with Crippen molar-refractivity contribution in [3.05, 3.63) is 51.5 Å². The first-order chi connectivity index (χ1) is 9.11. The van der Waals surface area contributed by atoms with Gasteiger partial charge in [0.25, 0.3) is 0 Å². The van der Waals surface area contributed by atoms with Crippen LogP contribution in [0, 0.1) is 17.1 Å². The topological polar surface area (TPSA) is 76.1 Å². The molecule has 1 heterocycles. The molecule has 0 bridgehead atoms. The molecule has 0 spiro atoms. The van der Waals surface area contributed by atoms with Crippen molar-refractivity contribution in [1.29, 1.82) is 5.26 Å². The van der Waals surface area contributed by atoms with Crippen LogP contribution in [-0.4, -0.2) is 5.97 Å². The zero-order valence-corrected chi connectivity index (χ0v) is 10.5. The van der Waals surface area contributed by atoms with E-state index in [4.69, 9.17) is 15.7 Å². The molecule has 0 radical (unpaired) electrons. The summed E-state index contributed by atoms with van der Waals surface area (Å²) in [5.74, 6) is -1.07. The third kappa shape index (κ3) is 2.89. The number of thiophene rings is 1. The maximum absolute atomic E-state index is 13.1. The van der Waals surface area contributed by atoms with Crippen LogP contribution in [-0.2, 0) is 11.3 Å². The summed E-state index contributed by atoms with van der Waals surface area (Å²) in [5.41, 5.74) is 6.53. The Morgan fingerprint density at radius 1 is 1.47 bits per heavy atom. The van der Waals surface area contributed by atoms with Crippen LogP contribution in [0.3, 0.4) is 0 Å². The number of carbonyl (C=O) groups excluding carboxylic acids is 1. The molecule has 0 saturated heterocycles. The van der Waals surface area contributed by atoms with Gasteiger partial charge >= 0.3 is 5.97 Å². The summed E-state index contributed by atoms with van der Waals surface area (Å²) in [5, 5.41) is 10.5. The number of rotatable bonds is 3. The summed E-state index contributed by atoms with van der Waals surface area (Å²) < 4.78 is 18.1. The van der Waals surface area contributed by atoms with E-state index >= 15 is 0 Å². The number of nitriles is 1. The lowest BCUT2D eigenvalue weighted by molar-refractivity contribution is 0.0479. The number of hydrogen-bond donors (Lipinski definition) is 1. The lowest BCUT2D eigenvalue weighted by Gasteiger charge is -2.06. The molecule has 2 N–H and O–H groups in total. The molecular weight excluding hydrogens is 267 g/mol. The number of esters is 1. The number of nitrogens with zero attached hydrogens (tertiary/aromatic N) is 1. The van der Waals surface area contributed by atoms with E-state index in [1.807, 2.05) is 6.07 Å². The van der Waals surface area contributed by atoms with Crippen LogP contribution in [0.2, 0.25) is 0 Å². The van der Waals surface area contributed by atoms with Gasteiger partial charge in [0.15, 0.2) is 0 Å². The molecule has 19 heavy (non-hydrogen) atoms. The van der Waals surface area contributed by atoms with Crippen LogP contribution in [0.15, 0.2) is 29.6 Å². The number of hydrogen-bond acceptors (Lipinski definition) is 5. The maximum Gasteiger partial charge on any atom is 0.350 e. The predicted octanol–water partition coefficient (Wildman–Crippen LogP) is 2.70. The van der Waals surface area contributed by atoms with E-state index in [1.165, 1.54) is 29.5 Å². The smallest absolute Gasteiger partial charge is 0.350 e. The first-order valence-electron chi connectivity index (χ1n) is 5.30. The summed E-state index contributed by atoms with van der Waals surface area (Å²) in [7, 11) is 0. The molecule has 6 heteroatoms. The van der Waals surface area contributed by atoms with Crippen LogP contribution in [0.5, 0.6) is 0 Å².